The molecule has 0 radical (unpaired) electrons. The molecule has 0 aliphatic carbocycles. The molecule has 20 heavy (non-hydrogen) atoms. The predicted molar refractivity (Wildman–Crippen MR) is 79.0 cm³/mol. The van der Waals surface area contributed by atoms with E-state index in [4.69, 9.17) is 0 Å². The molecule has 1 aromatic carbocycles. The number of nitrogens with one attached hydrogen (secondary N) is 2. The van der Waals surface area contributed by atoms with Crippen LogP contribution in [0.4, 0.5) is 16.2 Å². The molecular formula is C15H14N4O. The van der Waals surface area contributed by atoms with Gasteiger partial charge in [-0.3, -0.25) is 0 Å². The molecule has 2 aromatic heterocycles. The molecule has 0 fully saturated rings. The molecular weight excluding hydrogens is 252 g/mol. The number of carbonyl (C=O) groups is 1. The summed E-state index contributed by atoms with van der Waals surface area (Å²) in [6.45, 7) is 2.00. The van der Waals surface area contributed by atoms with Crippen molar-refractivity contribution in [3.63, 3.8) is 0 Å². The predicted octanol–water partition coefficient (Wildman–Crippen LogP) is 3.29. The van der Waals surface area contributed by atoms with E-state index in [1.165, 1.54) is 0 Å². The first kappa shape index (κ1) is 12.2. The van der Waals surface area contributed by atoms with E-state index in [0.29, 0.717) is 0 Å². The van der Waals surface area contributed by atoms with E-state index >= 15 is 0 Å². The number of pyridine rings is 1. The number of carbonyl (C=O) groups excluding carboxylic acids is 1. The second kappa shape index (κ2) is 5.05. The number of fused-ring (bicyclic) bond motifs is 1. The van der Waals surface area contributed by atoms with E-state index < -0.39 is 0 Å². The first-order valence-electron chi connectivity index (χ1n) is 6.29. The fourth-order valence-electron chi connectivity index (χ4n) is 1.93. The molecule has 0 saturated carbocycles. The Bertz CT molecular complexity index is 746. The van der Waals surface area contributed by atoms with E-state index in [1.807, 2.05) is 43.3 Å². The number of aromatic nitrogens is 2. The van der Waals surface area contributed by atoms with E-state index in [0.717, 1.165) is 22.5 Å². The molecule has 0 aliphatic heterocycles. The van der Waals surface area contributed by atoms with Gasteiger partial charge in [0.25, 0.3) is 0 Å². The van der Waals surface area contributed by atoms with Gasteiger partial charge < -0.3 is 10.6 Å². The summed E-state index contributed by atoms with van der Waals surface area (Å²) in [6.07, 6.45) is 3.52. The van der Waals surface area contributed by atoms with Crippen molar-refractivity contribution < 1.29 is 4.79 Å². The zero-order valence-electron chi connectivity index (χ0n) is 11.0. The first-order chi connectivity index (χ1) is 9.70. The van der Waals surface area contributed by atoms with Crippen LogP contribution in [0.25, 0.3) is 5.52 Å². The lowest BCUT2D eigenvalue weighted by atomic mass is 10.2. The second-order valence-electron chi connectivity index (χ2n) is 4.56. The van der Waals surface area contributed by atoms with Gasteiger partial charge in [0.15, 0.2) is 0 Å². The van der Waals surface area contributed by atoms with Gasteiger partial charge in [0, 0.05) is 23.8 Å². The van der Waals surface area contributed by atoms with Gasteiger partial charge in [0.2, 0.25) is 0 Å². The Morgan fingerprint density at radius 2 is 1.80 bits per heavy atom. The van der Waals surface area contributed by atoms with Crippen LogP contribution in [0.5, 0.6) is 0 Å². The summed E-state index contributed by atoms with van der Waals surface area (Å²) in [6, 6.07) is 12.9. The summed E-state index contributed by atoms with van der Waals surface area (Å²) in [5.41, 5.74) is 3.57. The Hall–Kier alpha value is -2.82. The molecule has 0 unspecified atom stereocenters. The number of urea groups is 1. The maximum Gasteiger partial charge on any atom is 0.323 e. The lowest BCUT2D eigenvalue weighted by molar-refractivity contribution is 0.262. The molecule has 3 rings (SSSR count). The third kappa shape index (κ3) is 2.61. The average Bonchev–Trinajstić information content (AvgIpc) is 2.89. The van der Waals surface area contributed by atoms with E-state index in [-0.39, 0.29) is 6.03 Å². The Balaban J connectivity index is 1.70. The van der Waals surface area contributed by atoms with Crippen molar-refractivity contribution in [2.45, 2.75) is 6.92 Å². The number of amides is 2. The van der Waals surface area contributed by atoms with Crippen LogP contribution < -0.4 is 10.6 Å². The minimum Gasteiger partial charge on any atom is -0.308 e. The van der Waals surface area contributed by atoms with Crippen LogP contribution in [-0.2, 0) is 0 Å². The highest BCUT2D eigenvalue weighted by Gasteiger charge is 2.03. The molecule has 0 aliphatic rings. The molecule has 2 amide bonds. The standard InChI is InChI=1S/C15H14N4O/c1-11-2-4-12(5-3-11)17-15(20)18-13-7-9-19-14(10-13)6-8-16-19/h2-10H,1H3,(H2,17,18,20). The normalized spacial score (nSPS) is 10.4. The third-order valence-corrected chi connectivity index (χ3v) is 2.97. The Morgan fingerprint density at radius 1 is 1.05 bits per heavy atom. The van der Waals surface area contributed by atoms with Crippen LogP contribution in [0.15, 0.2) is 54.9 Å². The number of hydrogen-bond donors (Lipinski definition) is 2. The molecule has 2 heterocycles. The van der Waals surface area contributed by atoms with Crippen molar-refractivity contribution >= 4 is 22.9 Å². The lowest BCUT2D eigenvalue weighted by Gasteiger charge is -2.08. The van der Waals surface area contributed by atoms with Crippen LogP contribution in [-0.4, -0.2) is 15.6 Å². The summed E-state index contributed by atoms with van der Waals surface area (Å²) >= 11 is 0. The maximum absolute atomic E-state index is 11.9. The minimum absolute atomic E-state index is 0.266. The first-order valence-corrected chi connectivity index (χ1v) is 6.29. The monoisotopic (exact) mass is 266 g/mol. The Labute approximate surface area is 116 Å². The van der Waals surface area contributed by atoms with Gasteiger partial charge in [0.1, 0.15) is 0 Å². The van der Waals surface area contributed by atoms with Crippen LogP contribution in [0.3, 0.4) is 0 Å². The number of hydrogen-bond acceptors (Lipinski definition) is 2. The van der Waals surface area contributed by atoms with Gasteiger partial charge in [-0.2, -0.15) is 5.10 Å². The van der Waals surface area contributed by atoms with Crippen molar-refractivity contribution in [3.8, 4) is 0 Å². The van der Waals surface area contributed by atoms with Crippen molar-refractivity contribution in [2.24, 2.45) is 0 Å². The highest BCUT2D eigenvalue weighted by molar-refractivity contribution is 6.00. The van der Waals surface area contributed by atoms with Gasteiger partial charge >= 0.3 is 6.03 Å². The summed E-state index contributed by atoms with van der Waals surface area (Å²) in [7, 11) is 0. The van der Waals surface area contributed by atoms with Gasteiger partial charge in [-0.1, -0.05) is 17.7 Å². The molecule has 3 aromatic rings. The quantitative estimate of drug-likeness (QED) is 0.747. The average molecular weight is 266 g/mol. The van der Waals surface area contributed by atoms with Crippen LogP contribution >= 0.6 is 0 Å². The molecule has 2 N–H and O–H groups in total. The topological polar surface area (TPSA) is 58.4 Å². The van der Waals surface area contributed by atoms with Gasteiger partial charge in [-0.05, 0) is 37.3 Å². The highest BCUT2D eigenvalue weighted by atomic mass is 16.2. The molecule has 0 spiro atoms. The summed E-state index contributed by atoms with van der Waals surface area (Å²) in [5, 5.41) is 9.69. The number of rotatable bonds is 2. The maximum atomic E-state index is 11.9. The summed E-state index contributed by atoms with van der Waals surface area (Å²) < 4.78 is 1.74. The zero-order valence-corrected chi connectivity index (χ0v) is 11.0. The van der Waals surface area contributed by atoms with Crippen LogP contribution in [0.2, 0.25) is 0 Å². The minimum atomic E-state index is -0.266. The fourth-order valence-corrected chi connectivity index (χ4v) is 1.93. The number of nitrogens with zero attached hydrogens (tertiary/aromatic N) is 2. The van der Waals surface area contributed by atoms with E-state index in [9.17, 15) is 4.79 Å². The smallest absolute Gasteiger partial charge is 0.308 e. The molecule has 0 atom stereocenters. The lowest BCUT2D eigenvalue weighted by Crippen LogP contribution is -2.19. The fraction of sp³-hybridized carbons (Fsp3) is 0.0667. The van der Waals surface area contributed by atoms with Crippen molar-refractivity contribution in [1.82, 2.24) is 9.61 Å². The van der Waals surface area contributed by atoms with E-state index in [1.54, 1.807) is 23.0 Å². The SMILES string of the molecule is Cc1ccc(NC(=O)Nc2ccn3nccc3c2)cc1. The molecule has 5 nitrogen and oxygen atoms in total. The molecule has 100 valence electrons. The number of anilines is 2. The summed E-state index contributed by atoms with van der Waals surface area (Å²) in [4.78, 5) is 11.9. The van der Waals surface area contributed by atoms with Crippen molar-refractivity contribution in [2.75, 3.05) is 10.6 Å². The Kier molecular flexibility index (Phi) is 3.09. The van der Waals surface area contributed by atoms with Crippen molar-refractivity contribution in [3.05, 3.63) is 60.4 Å². The highest BCUT2D eigenvalue weighted by Crippen LogP contribution is 2.13. The zero-order chi connectivity index (χ0) is 13.9. The Morgan fingerprint density at radius 3 is 2.60 bits per heavy atom. The number of benzene rings is 1. The molecule has 5 heteroatoms. The molecule has 0 saturated heterocycles. The number of aryl methyl sites for hydroxylation is 1. The van der Waals surface area contributed by atoms with E-state index in [2.05, 4.69) is 15.7 Å². The largest absolute Gasteiger partial charge is 0.323 e. The van der Waals surface area contributed by atoms with Gasteiger partial charge in [-0.15, -0.1) is 0 Å². The molecule has 0 bridgehead atoms. The van der Waals surface area contributed by atoms with Crippen LogP contribution in [0, 0.1) is 6.92 Å². The third-order valence-electron chi connectivity index (χ3n) is 2.97. The van der Waals surface area contributed by atoms with Gasteiger partial charge in [-0.25, -0.2) is 9.31 Å². The second-order valence-corrected chi connectivity index (χ2v) is 4.56. The van der Waals surface area contributed by atoms with Gasteiger partial charge in [0.05, 0.1) is 5.52 Å². The van der Waals surface area contributed by atoms with Crippen molar-refractivity contribution in [1.29, 1.82) is 0 Å². The summed E-state index contributed by atoms with van der Waals surface area (Å²) in [5.74, 6) is 0. The van der Waals surface area contributed by atoms with Crippen LogP contribution in [0.1, 0.15) is 5.56 Å².